The number of esters is 1. The van der Waals surface area contributed by atoms with Gasteiger partial charge in [-0.1, -0.05) is 11.6 Å². The molecule has 0 fully saturated rings. The lowest BCUT2D eigenvalue weighted by Crippen LogP contribution is -2.08. The van der Waals surface area contributed by atoms with Crippen molar-refractivity contribution in [2.75, 3.05) is 12.4 Å². The number of aromatic amines is 1. The topological polar surface area (TPSA) is 67.0 Å². The van der Waals surface area contributed by atoms with Gasteiger partial charge in [0.2, 0.25) is 0 Å². The summed E-state index contributed by atoms with van der Waals surface area (Å²) in [6.07, 6.45) is 3.35. The molecule has 0 aliphatic rings. The van der Waals surface area contributed by atoms with E-state index in [2.05, 4.69) is 15.3 Å². The minimum atomic E-state index is -0.342. The molecule has 94 valence electrons. The van der Waals surface area contributed by atoms with E-state index in [4.69, 9.17) is 4.74 Å². The van der Waals surface area contributed by atoms with Crippen LogP contribution in [0.1, 0.15) is 21.6 Å². The average Bonchev–Trinajstić information content (AvgIpc) is 2.89. The summed E-state index contributed by atoms with van der Waals surface area (Å²) >= 11 is 0. The Kier molecular flexibility index (Phi) is 3.62. The number of imidazole rings is 1. The summed E-state index contributed by atoms with van der Waals surface area (Å²) in [7, 11) is 1.38. The standard InChI is InChI=1S/C13H15N3O2/c1-9-3-4-12(11(5-9)13(17)18-2)15-7-10-6-14-8-16-10/h3-6,8,15H,7H2,1-2H3,(H,14,16). The Morgan fingerprint density at radius 2 is 2.33 bits per heavy atom. The lowest BCUT2D eigenvalue weighted by Gasteiger charge is -2.10. The molecule has 0 spiro atoms. The van der Waals surface area contributed by atoms with Crippen LogP contribution in [0.15, 0.2) is 30.7 Å². The fourth-order valence-electron chi connectivity index (χ4n) is 1.66. The molecule has 0 saturated heterocycles. The Labute approximate surface area is 105 Å². The molecule has 0 radical (unpaired) electrons. The van der Waals surface area contributed by atoms with E-state index in [0.717, 1.165) is 16.9 Å². The highest BCUT2D eigenvalue weighted by Gasteiger charge is 2.11. The normalized spacial score (nSPS) is 10.1. The van der Waals surface area contributed by atoms with Gasteiger partial charge in [0.15, 0.2) is 0 Å². The van der Waals surface area contributed by atoms with E-state index in [1.54, 1.807) is 18.6 Å². The van der Waals surface area contributed by atoms with Gasteiger partial charge in [0.25, 0.3) is 0 Å². The average molecular weight is 245 g/mol. The first-order chi connectivity index (χ1) is 8.70. The maximum Gasteiger partial charge on any atom is 0.339 e. The van der Waals surface area contributed by atoms with E-state index >= 15 is 0 Å². The largest absolute Gasteiger partial charge is 0.465 e. The number of hydrogen-bond donors (Lipinski definition) is 2. The molecule has 0 bridgehead atoms. The second-order valence-corrected chi connectivity index (χ2v) is 3.97. The molecule has 0 amide bonds. The molecule has 5 heteroatoms. The van der Waals surface area contributed by atoms with Gasteiger partial charge >= 0.3 is 5.97 Å². The van der Waals surface area contributed by atoms with Gasteiger partial charge in [0.1, 0.15) is 0 Å². The minimum absolute atomic E-state index is 0.342. The van der Waals surface area contributed by atoms with Crippen molar-refractivity contribution in [2.24, 2.45) is 0 Å². The van der Waals surface area contributed by atoms with E-state index in [1.807, 2.05) is 19.1 Å². The monoisotopic (exact) mass is 245 g/mol. The highest BCUT2D eigenvalue weighted by molar-refractivity contribution is 5.95. The third-order valence-electron chi connectivity index (χ3n) is 2.60. The number of aromatic nitrogens is 2. The third kappa shape index (κ3) is 2.68. The van der Waals surface area contributed by atoms with Crippen molar-refractivity contribution in [2.45, 2.75) is 13.5 Å². The van der Waals surface area contributed by atoms with Gasteiger partial charge in [-0.3, -0.25) is 0 Å². The van der Waals surface area contributed by atoms with E-state index in [9.17, 15) is 4.79 Å². The lowest BCUT2D eigenvalue weighted by atomic mass is 10.1. The number of carbonyl (C=O) groups is 1. The molecule has 0 aliphatic heterocycles. The second-order valence-electron chi connectivity index (χ2n) is 3.97. The number of nitrogens with one attached hydrogen (secondary N) is 2. The molecule has 0 unspecified atom stereocenters. The molecule has 0 saturated carbocycles. The van der Waals surface area contributed by atoms with Crippen LogP contribution >= 0.6 is 0 Å². The van der Waals surface area contributed by atoms with Gasteiger partial charge in [-0.15, -0.1) is 0 Å². The Morgan fingerprint density at radius 3 is 3.00 bits per heavy atom. The summed E-state index contributed by atoms with van der Waals surface area (Å²) in [6.45, 7) is 2.51. The number of benzene rings is 1. The molecule has 1 heterocycles. The molecular weight excluding hydrogens is 230 g/mol. The third-order valence-corrected chi connectivity index (χ3v) is 2.60. The Morgan fingerprint density at radius 1 is 1.50 bits per heavy atom. The predicted octanol–water partition coefficient (Wildman–Crippen LogP) is 2.12. The zero-order valence-electron chi connectivity index (χ0n) is 10.4. The van der Waals surface area contributed by atoms with Crippen LogP contribution in [0.25, 0.3) is 0 Å². The molecule has 1 aromatic heterocycles. The van der Waals surface area contributed by atoms with Crippen LogP contribution in [0.2, 0.25) is 0 Å². The molecule has 2 aromatic rings. The molecule has 18 heavy (non-hydrogen) atoms. The number of H-pyrrole nitrogens is 1. The van der Waals surface area contributed by atoms with Crippen molar-refractivity contribution in [1.29, 1.82) is 0 Å². The van der Waals surface area contributed by atoms with Crippen LogP contribution in [-0.4, -0.2) is 23.0 Å². The number of ether oxygens (including phenoxy) is 1. The first-order valence-electron chi connectivity index (χ1n) is 5.61. The molecule has 2 N–H and O–H groups in total. The Bertz CT molecular complexity index is 535. The summed E-state index contributed by atoms with van der Waals surface area (Å²) in [6, 6.07) is 5.63. The molecule has 0 aliphatic carbocycles. The van der Waals surface area contributed by atoms with Crippen LogP contribution in [0.3, 0.4) is 0 Å². The number of anilines is 1. The van der Waals surface area contributed by atoms with Crippen LogP contribution in [0.5, 0.6) is 0 Å². The number of nitrogens with zero attached hydrogens (tertiary/aromatic N) is 1. The number of rotatable bonds is 4. The molecule has 5 nitrogen and oxygen atoms in total. The zero-order chi connectivity index (χ0) is 13.0. The van der Waals surface area contributed by atoms with Crippen LogP contribution in [0.4, 0.5) is 5.69 Å². The van der Waals surface area contributed by atoms with Crippen LogP contribution < -0.4 is 5.32 Å². The molecule has 2 rings (SSSR count). The number of hydrogen-bond acceptors (Lipinski definition) is 4. The van der Waals surface area contributed by atoms with E-state index in [1.165, 1.54) is 7.11 Å². The van der Waals surface area contributed by atoms with Crippen LogP contribution in [0, 0.1) is 6.92 Å². The van der Waals surface area contributed by atoms with Crippen molar-refractivity contribution in [3.63, 3.8) is 0 Å². The first kappa shape index (κ1) is 12.2. The Balaban J connectivity index is 2.18. The summed E-state index contributed by atoms with van der Waals surface area (Å²) < 4.78 is 4.77. The van der Waals surface area contributed by atoms with Gasteiger partial charge in [0.05, 0.1) is 31.2 Å². The highest BCUT2D eigenvalue weighted by Crippen LogP contribution is 2.19. The number of aryl methyl sites for hydroxylation is 1. The molecule has 1 aromatic carbocycles. The van der Waals surface area contributed by atoms with E-state index in [0.29, 0.717) is 12.1 Å². The van der Waals surface area contributed by atoms with Crippen molar-refractivity contribution >= 4 is 11.7 Å². The van der Waals surface area contributed by atoms with E-state index < -0.39 is 0 Å². The van der Waals surface area contributed by atoms with Crippen molar-refractivity contribution in [3.05, 3.63) is 47.5 Å². The summed E-state index contributed by atoms with van der Waals surface area (Å²) in [4.78, 5) is 18.6. The van der Waals surface area contributed by atoms with Gasteiger partial charge < -0.3 is 15.0 Å². The van der Waals surface area contributed by atoms with Crippen molar-refractivity contribution in [3.8, 4) is 0 Å². The van der Waals surface area contributed by atoms with Gasteiger partial charge in [-0.05, 0) is 19.1 Å². The lowest BCUT2D eigenvalue weighted by molar-refractivity contribution is 0.0601. The van der Waals surface area contributed by atoms with E-state index in [-0.39, 0.29) is 5.97 Å². The summed E-state index contributed by atoms with van der Waals surface area (Å²) in [5.74, 6) is -0.342. The maximum absolute atomic E-state index is 11.7. The fourth-order valence-corrected chi connectivity index (χ4v) is 1.66. The van der Waals surface area contributed by atoms with Crippen molar-refractivity contribution < 1.29 is 9.53 Å². The minimum Gasteiger partial charge on any atom is -0.465 e. The van der Waals surface area contributed by atoms with Crippen molar-refractivity contribution in [1.82, 2.24) is 9.97 Å². The smallest absolute Gasteiger partial charge is 0.339 e. The van der Waals surface area contributed by atoms with Gasteiger partial charge in [-0.25, -0.2) is 9.78 Å². The number of methoxy groups -OCH3 is 1. The van der Waals surface area contributed by atoms with Gasteiger partial charge in [0, 0.05) is 11.9 Å². The van der Waals surface area contributed by atoms with Crippen LogP contribution in [-0.2, 0) is 11.3 Å². The molecule has 0 atom stereocenters. The quantitative estimate of drug-likeness (QED) is 0.810. The highest BCUT2D eigenvalue weighted by atomic mass is 16.5. The fraction of sp³-hybridized carbons (Fsp3) is 0.231. The Hall–Kier alpha value is -2.30. The maximum atomic E-state index is 11.7. The second kappa shape index (κ2) is 5.35. The predicted molar refractivity (Wildman–Crippen MR) is 68.4 cm³/mol. The van der Waals surface area contributed by atoms with Gasteiger partial charge in [-0.2, -0.15) is 0 Å². The summed E-state index contributed by atoms with van der Waals surface area (Å²) in [5, 5.41) is 3.19. The zero-order valence-corrected chi connectivity index (χ0v) is 10.4. The number of carbonyl (C=O) groups excluding carboxylic acids is 1. The molecular formula is C13H15N3O2. The SMILES string of the molecule is COC(=O)c1cc(C)ccc1NCc1cnc[nH]1. The first-order valence-corrected chi connectivity index (χ1v) is 5.61. The summed E-state index contributed by atoms with van der Waals surface area (Å²) in [5.41, 5.74) is 3.26.